The predicted molar refractivity (Wildman–Crippen MR) is 124 cm³/mol. The lowest BCUT2D eigenvalue weighted by Gasteiger charge is -2.23. The zero-order valence-electron chi connectivity index (χ0n) is 19.1. The van der Waals surface area contributed by atoms with Crippen molar-refractivity contribution >= 4 is 29.4 Å². The number of carbonyl (C=O) groups excluding carboxylic acids is 3. The van der Waals surface area contributed by atoms with E-state index in [-0.39, 0.29) is 37.3 Å². The highest BCUT2D eigenvalue weighted by molar-refractivity contribution is 6.30. The van der Waals surface area contributed by atoms with E-state index in [2.05, 4.69) is 10.7 Å². The molecule has 180 valence electrons. The summed E-state index contributed by atoms with van der Waals surface area (Å²) in [5.41, 5.74) is 14.9. The number of rotatable bonds is 14. The molecule has 0 unspecified atom stereocenters. The fourth-order valence-corrected chi connectivity index (χ4v) is 3.28. The summed E-state index contributed by atoms with van der Waals surface area (Å²) < 4.78 is 5.20. The molecule has 0 aliphatic heterocycles. The van der Waals surface area contributed by atoms with Gasteiger partial charge in [-0.05, 0) is 49.4 Å². The normalized spacial score (nSPS) is 13.0. The Labute approximate surface area is 195 Å². The lowest BCUT2D eigenvalue weighted by molar-refractivity contribution is -0.147. The molecule has 1 aromatic carbocycles. The number of likely N-dealkylation sites (N-methyl/N-ethyl adjacent to an activating group) is 1. The molecule has 0 heterocycles. The number of ether oxygens (including phenoxy) is 1. The second-order valence-corrected chi connectivity index (χ2v) is 8.69. The van der Waals surface area contributed by atoms with Crippen molar-refractivity contribution in [2.75, 3.05) is 20.1 Å². The Bertz CT molecular complexity index is 747. The molecule has 9 nitrogen and oxygen atoms in total. The second kappa shape index (κ2) is 14.8. The summed E-state index contributed by atoms with van der Waals surface area (Å²) in [4.78, 5) is 36.8. The summed E-state index contributed by atoms with van der Waals surface area (Å²) in [5, 5.41) is 4.75. The molecule has 1 aromatic rings. The molecule has 0 saturated heterocycles. The van der Waals surface area contributed by atoms with Crippen LogP contribution in [0.25, 0.3) is 0 Å². The van der Waals surface area contributed by atoms with E-state index in [9.17, 15) is 14.4 Å². The van der Waals surface area contributed by atoms with Gasteiger partial charge in [-0.25, -0.2) is 5.01 Å². The Morgan fingerprint density at radius 3 is 2.59 bits per heavy atom. The van der Waals surface area contributed by atoms with Crippen molar-refractivity contribution in [3.05, 3.63) is 34.9 Å². The van der Waals surface area contributed by atoms with Gasteiger partial charge in [0.2, 0.25) is 11.8 Å². The largest absolute Gasteiger partial charge is 0.460 e. The third kappa shape index (κ3) is 12.0. The van der Waals surface area contributed by atoms with Crippen LogP contribution in [0, 0.1) is 5.92 Å². The molecule has 2 amide bonds. The number of halogens is 1. The molecule has 0 saturated carbocycles. The van der Waals surface area contributed by atoms with Crippen LogP contribution in [0.4, 0.5) is 0 Å². The number of nitrogens with two attached hydrogens (primary N) is 2. The van der Waals surface area contributed by atoms with Gasteiger partial charge >= 0.3 is 5.97 Å². The number of nitrogens with zero attached hydrogens (tertiary/aromatic N) is 1. The maximum Gasteiger partial charge on any atom is 0.322 e. The van der Waals surface area contributed by atoms with Crippen LogP contribution in [0.15, 0.2) is 24.3 Å². The van der Waals surface area contributed by atoms with Crippen LogP contribution in [0.2, 0.25) is 5.02 Å². The van der Waals surface area contributed by atoms with Gasteiger partial charge in [-0.1, -0.05) is 37.6 Å². The number of nitrogens with one attached hydrogen (secondary N) is 2. The van der Waals surface area contributed by atoms with Gasteiger partial charge in [0.05, 0.1) is 6.04 Å². The molecule has 0 radical (unpaired) electrons. The molecule has 0 aromatic heterocycles. The number of hydrogen-bond donors (Lipinski definition) is 4. The van der Waals surface area contributed by atoms with Gasteiger partial charge in [0.15, 0.2) is 0 Å². The summed E-state index contributed by atoms with van der Waals surface area (Å²) >= 11 is 5.91. The van der Waals surface area contributed by atoms with Crippen molar-refractivity contribution < 1.29 is 19.1 Å². The standard InChI is InChI=1S/C22H36ClN5O4/c1-15(2)10-19(25)22(31)26-18(8-5-9-24)12-20(29)27-28(3)13-21(30)32-14-16-6-4-7-17(23)11-16/h4,6-7,11,15,18-19H,5,8-10,12-14,24-25H2,1-3H3,(H,26,31)(H,27,29)/t18-,19-/m0/s1. The van der Waals surface area contributed by atoms with E-state index in [1.807, 2.05) is 13.8 Å². The number of hydrogen-bond acceptors (Lipinski definition) is 7. The summed E-state index contributed by atoms with van der Waals surface area (Å²) in [5.74, 6) is -0.837. The number of benzene rings is 1. The SMILES string of the molecule is CC(C)C[C@H](N)C(=O)N[C@@H](CCCN)CC(=O)NN(C)CC(=O)OCc1cccc(Cl)c1. The topological polar surface area (TPSA) is 140 Å². The van der Waals surface area contributed by atoms with E-state index in [0.29, 0.717) is 30.8 Å². The van der Waals surface area contributed by atoms with Gasteiger partial charge in [0.1, 0.15) is 13.2 Å². The first kappa shape index (κ1) is 27.8. The first-order chi connectivity index (χ1) is 15.1. The first-order valence-corrected chi connectivity index (χ1v) is 11.1. The van der Waals surface area contributed by atoms with Crippen LogP contribution in [-0.4, -0.2) is 55.0 Å². The van der Waals surface area contributed by atoms with Gasteiger partial charge in [-0.3, -0.25) is 19.8 Å². The van der Waals surface area contributed by atoms with E-state index in [4.69, 9.17) is 27.8 Å². The number of esters is 1. The molecular formula is C22H36ClN5O4. The third-order valence-electron chi connectivity index (χ3n) is 4.57. The molecule has 0 spiro atoms. The Balaban J connectivity index is 2.48. The lowest BCUT2D eigenvalue weighted by atomic mass is 10.0. The predicted octanol–water partition coefficient (Wildman–Crippen LogP) is 1.33. The van der Waals surface area contributed by atoms with Crippen LogP contribution in [0.5, 0.6) is 0 Å². The Morgan fingerprint density at radius 1 is 1.25 bits per heavy atom. The Kier molecular flexibility index (Phi) is 12.9. The van der Waals surface area contributed by atoms with Gasteiger partial charge in [-0.15, -0.1) is 0 Å². The highest BCUT2D eigenvalue weighted by Gasteiger charge is 2.21. The quantitative estimate of drug-likeness (QED) is 0.238. The van der Waals surface area contributed by atoms with Crippen LogP contribution in [0.1, 0.15) is 45.1 Å². The zero-order chi connectivity index (χ0) is 24.1. The van der Waals surface area contributed by atoms with Crippen LogP contribution in [-0.2, 0) is 25.7 Å². The Hall–Kier alpha value is -2.20. The highest BCUT2D eigenvalue weighted by Crippen LogP contribution is 2.11. The van der Waals surface area contributed by atoms with Gasteiger partial charge in [-0.2, -0.15) is 0 Å². The van der Waals surface area contributed by atoms with Crippen LogP contribution >= 0.6 is 11.6 Å². The minimum atomic E-state index is -0.629. The van der Waals surface area contributed by atoms with Crippen LogP contribution in [0.3, 0.4) is 0 Å². The van der Waals surface area contributed by atoms with Crippen molar-refractivity contribution in [3.8, 4) is 0 Å². The van der Waals surface area contributed by atoms with Crippen LogP contribution < -0.4 is 22.2 Å². The monoisotopic (exact) mass is 469 g/mol. The average molecular weight is 470 g/mol. The molecule has 0 aliphatic carbocycles. The molecular weight excluding hydrogens is 434 g/mol. The Morgan fingerprint density at radius 2 is 1.97 bits per heavy atom. The number of hydrazine groups is 1. The van der Waals surface area contributed by atoms with E-state index >= 15 is 0 Å². The summed E-state index contributed by atoms with van der Waals surface area (Å²) in [6.07, 6.45) is 1.81. The summed E-state index contributed by atoms with van der Waals surface area (Å²) in [7, 11) is 1.56. The van der Waals surface area contributed by atoms with Gasteiger partial charge in [0, 0.05) is 24.5 Å². The summed E-state index contributed by atoms with van der Waals surface area (Å²) in [6, 6.07) is 5.99. The lowest BCUT2D eigenvalue weighted by Crippen LogP contribution is -2.49. The van der Waals surface area contributed by atoms with E-state index in [0.717, 1.165) is 5.56 Å². The third-order valence-corrected chi connectivity index (χ3v) is 4.80. The smallest absolute Gasteiger partial charge is 0.322 e. The van der Waals surface area contributed by atoms with Gasteiger partial charge in [0.25, 0.3) is 0 Å². The molecule has 0 aliphatic rings. The second-order valence-electron chi connectivity index (χ2n) is 8.26. The highest BCUT2D eigenvalue weighted by atomic mass is 35.5. The zero-order valence-corrected chi connectivity index (χ0v) is 19.9. The van der Waals surface area contributed by atoms with Crippen molar-refractivity contribution in [3.63, 3.8) is 0 Å². The van der Waals surface area contributed by atoms with Crippen molar-refractivity contribution in [1.82, 2.24) is 15.8 Å². The molecule has 2 atom stereocenters. The van der Waals surface area contributed by atoms with Crippen molar-refractivity contribution in [2.45, 2.75) is 58.2 Å². The summed E-state index contributed by atoms with van der Waals surface area (Å²) in [6.45, 7) is 4.38. The maximum atomic E-state index is 12.4. The van der Waals surface area contributed by atoms with Gasteiger partial charge < -0.3 is 21.5 Å². The molecule has 1 rings (SSSR count). The molecule has 32 heavy (non-hydrogen) atoms. The minimum absolute atomic E-state index is 0.0437. The first-order valence-electron chi connectivity index (χ1n) is 10.8. The fourth-order valence-electron chi connectivity index (χ4n) is 3.06. The average Bonchev–Trinajstić information content (AvgIpc) is 2.69. The van der Waals surface area contributed by atoms with Crippen molar-refractivity contribution in [1.29, 1.82) is 0 Å². The fraction of sp³-hybridized carbons (Fsp3) is 0.591. The van der Waals surface area contributed by atoms with E-state index in [1.54, 1.807) is 31.3 Å². The minimum Gasteiger partial charge on any atom is -0.460 e. The maximum absolute atomic E-state index is 12.4. The number of amides is 2. The molecule has 10 heteroatoms. The molecule has 0 fully saturated rings. The number of carbonyl (C=O) groups is 3. The van der Waals surface area contributed by atoms with E-state index < -0.39 is 18.1 Å². The van der Waals surface area contributed by atoms with E-state index in [1.165, 1.54) is 5.01 Å². The molecule has 0 bridgehead atoms. The van der Waals surface area contributed by atoms with Crippen molar-refractivity contribution in [2.24, 2.45) is 17.4 Å². The molecule has 6 N–H and O–H groups in total.